The van der Waals surface area contributed by atoms with Crippen LogP contribution in [-0.4, -0.2) is 40.4 Å². The van der Waals surface area contributed by atoms with Gasteiger partial charge in [-0.05, 0) is 45.8 Å². The maximum atomic E-state index is 6.20. The maximum Gasteiger partial charge on any atom is 0.147 e. The van der Waals surface area contributed by atoms with Crippen molar-refractivity contribution in [1.82, 2.24) is 14.7 Å². The predicted molar refractivity (Wildman–Crippen MR) is 91.7 cm³/mol. The minimum atomic E-state index is 0.410. The number of rotatable bonds is 10. The molecule has 0 spiro atoms. The fourth-order valence-electron chi connectivity index (χ4n) is 2.66. The lowest BCUT2D eigenvalue weighted by Crippen LogP contribution is -2.26. The third-order valence-corrected chi connectivity index (χ3v) is 4.04. The highest BCUT2D eigenvalue weighted by Crippen LogP contribution is 2.24. The highest BCUT2D eigenvalue weighted by atomic mass is 15.3. The van der Waals surface area contributed by atoms with Crippen molar-refractivity contribution in [3.63, 3.8) is 0 Å². The number of aromatic nitrogens is 2. The molecule has 0 aliphatic rings. The topological polar surface area (TPSA) is 59.1 Å². The second-order valence-electron chi connectivity index (χ2n) is 5.80. The van der Waals surface area contributed by atoms with Crippen molar-refractivity contribution in [2.24, 2.45) is 7.05 Å². The molecule has 0 fully saturated rings. The molecular formula is C16H33N5. The first kappa shape index (κ1) is 17.8. The van der Waals surface area contributed by atoms with Gasteiger partial charge in [0.25, 0.3) is 0 Å². The minimum absolute atomic E-state index is 0.410. The van der Waals surface area contributed by atoms with E-state index in [2.05, 4.69) is 43.0 Å². The van der Waals surface area contributed by atoms with E-state index >= 15 is 0 Å². The largest absolute Gasteiger partial charge is 0.394 e. The average molecular weight is 295 g/mol. The molecule has 0 amide bonds. The van der Waals surface area contributed by atoms with E-state index in [-0.39, 0.29) is 0 Å². The van der Waals surface area contributed by atoms with Gasteiger partial charge in [-0.1, -0.05) is 27.2 Å². The molecule has 1 atom stereocenters. The Balaban J connectivity index is 2.49. The van der Waals surface area contributed by atoms with Crippen LogP contribution in [0.1, 0.15) is 52.7 Å². The van der Waals surface area contributed by atoms with Gasteiger partial charge in [0.1, 0.15) is 5.82 Å². The molecule has 0 radical (unpaired) electrons. The summed E-state index contributed by atoms with van der Waals surface area (Å²) in [5.74, 6) is 0.966. The fourth-order valence-corrected chi connectivity index (χ4v) is 2.66. The molecule has 1 unspecified atom stereocenters. The SMILES string of the molecule is CCCc1nn(C)c(NC(C)CCCN(CC)CC)c1N. The lowest BCUT2D eigenvalue weighted by molar-refractivity contribution is 0.295. The van der Waals surface area contributed by atoms with Gasteiger partial charge in [0.15, 0.2) is 0 Å². The van der Waals surface area contributed by atoms with Gasteiger partial charge in [0.2, 0.25) is 0 Å². The normalized spacial score (nSPS) is 12.9. The Morgan fingerprint density at radius 1 is 1.29 bits per heavy atom. The molecule has 0 aliphatic carbocycles. The predicted octanol–water partition coefficient (Wildman–Crippen LogP) is 2.88. The van der Waals surface area contributed by atoms with Crippen LogP contribution in [0.5, 0.6) is 0 Å². The third kappa shape index (κ3) is 5.23. The molecule has 1 heterocycles. The van der Waals surface area contributed by atoms with Crippen LogP contribution in [0.25, 0.3) is 0 Å². The van der Waals surface area contributed by atoms with Crippen LogP contribution in [0.3, 0.4) is 0 Å². The van der Waals surface area contributed by atoms with E-state index in [0.29, 0.717) is 6.04 Å². The molecule has 1 rings (SSSR count). The Kier molecular flexibility index (Phi) is 7.57. The number of nitrogens with one attached hydrogen (secondary N) is 1. The highest BCUT2D eigenvalue weighted by Gasteiger charge is 2.14. The highest BCUT2D eigenvalue weighted by molar-refractivity contribution is 5.65. The molecule has 1 aromatic rings. The maximum absolute atomic E-state index is 6.20. The summed E-state index contributed by atoms with van der Waals surface area (Å²) in [7, 11) is 1.96. The van der Waals surface area contributed by atoms with E-state index in [9.17, 15) is 0 Å². The number of nitrogen functional groups attached to an aromatic ring is 1. The van der Waals surface area contributed by atoms with E-state index in [4.69, 9.17) is 5.73 Å². The van der Waals surface area contributed by atoms with Crippen LogP contribution in [0.2, 0.25) is 0 Å². The second kappa shape index (κ2) is 8.93. The molecule has 0 saturated carbocycles. The number of anilines is 2. The molecule has 5 nitrogen and oxygen atoms in total. The van der Waals surface area contributed by atoms with E-state index < -0.39 is 0 Å². The van der Waals surface area contributed by atoms with Crippen molar-refractivity contribution in [3.05, 3.63) is 5.69 Å². The van der Waals surface area contributed by atoms with Crippen LogP contribution < -0.4 is 11.1 Å². The first-order valence-electron chi connectivity index (χ1n) is 8.33. The smallest absolute Gasteiger partial charge is 0.147 e. The quantitative estimate of drug-likeness (QED) is 0.697. The summed E-state index contributed by atoms with van der Waals surface area (Å²) in [6.07, 6.45) is 4.36. The minimum Gasteiger partial charge on any atom is -0.394 e. The zero-order chi connectivity index (χ0) is 15.8. The molecule has 0 aliphatic heterocycles. The zero-order valence-electron chi connectivity index (χ0n) is 14.4. The van der Waals surface area contributed by atoms with Crippen LogP contribution in [-0.2, 0) is 13.5 Å². The molecule has 3 N–H and O–H groups in total. The van der Waals surface area contributed by atoms with Gasteiger partial charge in [-0.2, -0.15) is 5.10 Å². The monoisotopic (exact) mass is 295 g/mol. The summed E-state index contributed by atoms with van der Waals surface area (Å²) >= 11 is 0. The Labute approximate surface area is 129 Å². The van der Waals surface area contributed by atoms with Gasteiger partial charge < -0.3 is 16.0 Å². The molecule has 0 saturated heterocycles. The average Bonchev–Trinajstić information content (AvgIpc) is 2.72. The van der Waals surface area contributed by atoms with Crippen molar-refractivity contribution in [2.75, 3.05) is 30.7 Å². The van der Waals surface area contributed by atoms with E-state index in [1.807, 2.05) is 11.7 Å². The number of aryl methyl sites for hydroxylation is 2. The van der Waals surface area contributed by atoms with Gasteiger partial charge in [-0.3, -0.25) is 4.68 Å². The first-order valence-corrected chi connectivity index (χ1v) is 8.33. The van der Waals surface area contributed by atoms with E-state index in [0.717, 1.165) is 49.6 Å². The van der Waals surface area contributed by atoms with Crippen LogP contribution >= 0.6 is 0 Å². The molecular weight excluding hydrogens is 262 g/mol. The van der Waals surface area contributed by atoms with Crippen LogP contribution in [0.4, 0.5) is 11.5 Å². The number of nitrogens with two attached hydrogens (primary N) is 1. The van der Waals surface area contributed by atoms with Gasteiger partial charge in [-0.15, -0.1) is 0 Å². The van der Waals surface area contributed by atoms with Crippen LogP contribution in [0, 0.1) is 0 Å². The molecule has 122 valence electrons. The van der Waals surface area contributed by atoms with Crippen LogP contribution in [0.15, 0.2) is 0 Å². The van der Waals surface area contributed by atoms with Crippen molar-refractivity contribution in [1.29, 1.82) is 0 Å². The lowest BCUT2D eigenvalue weighted by atomic mass is 10.1. The van der Waals surface area contributed by atoms with Gasteiger partial charge in [-0.25, -0.2) is 0 Å². The summed E-state index contributed by atoms with van der Waals surface area (Å²) in [6.45, 7) is 12.2. The zero-order valence-corrected chi connectivity index (χ0v) is 14.4. The van der Waals surface area contributed by atoms with Crippen molar-refractivity contribution < 1.29 is 0 Å². The summed E-state index contributed by atoms with van der Waals surface area (Å²) < 4.78 is 1.88. The lowest BCUT2D eigenvalue weighted by Gasteiger charge is -2.20. The molecule has 21 heavy (non-hydrogen) atoms. The van der Waals surface area contributed by atoms with Gasteiger partial charge in [0, 0.05) is 13.1 Å². The van der Waals surface area contributed by atoms with Gasteiger partial charge >= 0.3 is 0 Å². The van der Waals surface area contributed by atoms with E-state index in [1.165, 1.54) is 13.0 Å². The van der Waals surface area contributed by atoms with Gasteiger partial charge in [0.05, 0.1) is 11.4 Å². The number of hydrogen-bond acceptors (Lipinski definition) is 4. The first-order chi connectivity index (χ1) is 10.0. The molecule has 0 aromatic carbocycles. The summed E-state index contributed by atoms with van der Waals surface area (Å²) in [5.41, 5.74) is 8.03. The summed E-state index contributed by atoms with van der Waals surface area (Å²) in [4.78, 5) is 2.46. The molecule has 0 bridgehead atoms. The Bertz CT molecular complexity index is 409. The van der Waals surface area contributed by atoms with E-state index in [1.54, 1.807) is 0 Å². The Hall–Kier alpha value is -1.23. The Morgan fingerprint density at radius 2 is 1.95 bits per heavy atom. The second-order valence-corrected chi connectivity index (χ2v) is 5.80. The van der Waals surface area contributed by atoms with Crippen molar-refractivity contribution in [3.8, 4) is 0 Å². The number of nitrogens with zero attached hydrogens (tertiary/aromatic N) is 3. The van der Waals surface area contributed by atoms with Crippen molar-refractivity contribution >= 4 is 11.5 Å². The molecule has 5 heteroatoms. The fraction of sp³-hybridized carbons (Fsp3) is 0.812. The summed E-state index contributed by atoms with van der Waals surface area (Å²) in [5, 5.41) is 8.03. The molecule has 1 aromatic heterocycles. The number of hydrogen-bond donors (Lipinski definition) is 2. The summed E-state index contributed by atoms with van der Waals surface area (Å²) in [6, 6.07) is 0.410. The Morgan fingerprint density at radius 3 is 2.52 bits per heavy atom. The van der Waals surface area contributed by atoms with Crippen molar-refractivity contribution in [2.45, 2.75) is 59.4 Å². The third-order valence-electron chi connectivity index (χ3n) is 4.04. The standard InChI is InChI=1S/C16H33N5/c1-6-10-14-15(17)16(20(5)19-14)18-13(4)11-9-12-21(7-2)8-3/h13,18H,6-12,17H2,1-5H3.